The Hall–Kier alpha value is -0.980. The number of nitrogens with one attached hydrogen (secondary N) is 1. The van der Waals surface area contributed by atoms with Crippen molar-refractivity contribution in [2.24, 2.45) is 0 Å². The average Bonchev–Trinajstić information content (AvgIpc) is 3.14. The van der Waals surface area contributed by atoms with Crippen molar-refractivity contribution in [1.82, 2.24) is 15.5 Å². The summed E-state index contributed by atoms with van der Waals surface area (Å²) in [5.41, 5.74) is 1.11. The molecule has 1 aliphatic rings. The van der Waals surface area contributed by atoms with Gasteiger partial charge in [0, 0.05) is 16.1 Å². The Balaban J connectivity index is 1.53. The molecule has 1 saturated carbocycles. The third-order valence-electron chi connectivity index (χ3n) is 2.88. The Morgan fingerprint density at radius 1 is 1.32 bits per heavy atom. The van der Waals surface area contributed by atoms with Gasteiger partial charge in [-0.2, -0.15) is 0 Å². The molecule has 100 valence electrons. The zero-order valence-corrected chi connectivity index (χ0v) is 12.7. The Labute approximate surface area is 124 Å². The highest BCUT2D eigenvalue weighted by Crippen LogP contribution is 2.23. The molecule has 19 heavy (non-hydrogen) atoms. The van der Waals surface area contributed by atoms with Crippen LogP contribution in [0.4, 0.5) is 0 Å². The summed E-state index contributed by atoms with van der Waals surface area (Å²) in [6.45, 7) is 1.30. The largest absolute Gasteiger partial charge is 0.464 e. The van der Waals surface area contributed by atoms with E-state index >= 15 is 0 Å². The first kappa shape index (κ1) is 13.0. The molecule has 1 fully saturated rings. The summed E-state index contributed by atoms with van der Waals surface area (Å²) in [5.74, 6) is 0. The molecule has 0 aliphatic heterocycles. The second-order valence-electron chi connectivity index (χ2n) is 4.50. The maximum atomic E-state index is 5.66. The SMILES string of the molecule is Brc1ccccc1COc1nnc(CNC2CC2)s1. The monoisotopic (exact) mass is 339 g/mol. The Bertz CT molecular complexity index is 556. The van der Waals surface area contributed by atoms with Gasteiger partial charge in [-0.15, -0.1) is 5.10 Å². The molecule has 0 bridgehead atoms. The summed E-state index contributed by atoms with van der Waals surface area (Å²) in [6.07, 6.45) is 2.56. The predicted molar refractivity (Wildman–Crippen MR) is 78.2 cm³/mol. The minimum atomic E-state index is 0.506. The van der Waals surface area contributed by atoms with E-state index in [1.54, 1.807) is 0 Å². The van der Waals surface area contributed by atoms with Crippen LogP contribution in [0.3, 0.4) is 0 Å². The van der Waals surface area contributed by atoms with Crippen LogP contribution in [0.15, 0.2) is 28.7 Å². The summed E-state index contributed by atoms with van der Waals surface area (Å²) in [4.78, 5) is 0. The molecule has 1 N–H and O–H groups in total. The molecule has 1 aliphatic carbocycles. The molecule has 3 rings (SSSR count). The second-order valence-corrected chi connectivity index (χ2v) is 6.38. The Kier molecular flexibility index (Phi) is 4.10. The van der Waals surface area contributed by atoms with Gasteiger partial charge in [0.05, 0.1) is 6.54 Å². The molecule has 0 saturated heterocycles. The summed E-state index contributed by atoms with van der Waals surface area (Å²) < 4.78 is 6.71. The number of hydrogen-bond donors (Lipinski definition) is 1. The fourth-order valence-corrected chi connectivity index (χ4v) is 2.68. The van der Waals surface area contributed by atoms with Crippen LogP contribution in [0.2, 0.25) is 0 Å². The molecular formula is C13H14BrN3OS. The topological polar surface area (TPSA) is 47.0 Å². The van der Waals surface area contributed by atoms with Crippen LogP contribution in [0.5, 0.6) is 5.19 Å². The van der Waals surface area contributed by atoms with E-state index in [2.05, 4.69) is 31.4 Å². The lowest BCUT2D eigenvalue weighted by molar-refractivity contribution is 0.301. The van der Waals surface area contributed by atoms with E-state index in [4.69, 9.17) is 4.74 Å². The van der Waals surface area contributed by atoms with Gasteiger partial charge in [-0.25, -0.2) is 0 Å². The van der Waals surface area contributed by atoms with E-state index in [0.29, 0.717) is 17.8 Å². The predicted octanol–water partition coefficient (Wildman–Crippen LogP) is 3.13. The number of rotatable bonds is 6. The lowest BCUT2D eigenvalue weighted by Gasteiger charge is -2.03. The smallest absolute Gasteiger partial charge is 0.294 e. The van der Waals surface area contributed by atoms with Crippen molar-refractivity contribution in [3.63, 3.8) is 0 Å². The molecule has 2 aromatic rings. The van der Waals surface area contributed by atoms with Crippen molar-refractivity contribution in [2.75, 3.05) is 0 Å². The average molecular weight is 340 g/mol. The van der Waals surface area contributed by atoms with Crippen molar-refractivity contribution in [1.29, 1.82) is 0 Å². The third-order valence-corrected chi connectivity index (χ3v) is 4.49. The standard InChI is InChI=1S/C13H14BrN3OS/c14-11-4-2-1-3-9(11)8-18-13-17-16-12(19-13)7-15-10-5-6-10/h1-4,10,15H,5-8H2. The quantitative estimate of drug-likeness (QED) is 0.878. The summed E-state index contributed by atoms with van der Waals surface area (Å²) in [5, 5.41) is 13.2. The van der Waals surface area contributed by atoms with Gasteiger partial charge in [0.1, 0.15) is 11.6 Å². The van der Waals surface area contributed by atoms with Gasteiger partial charge >= 0.3 is 0 Å². The Morgan fingerprint density at radius 2 is 2.16 bits per heavy atom. The van der Waals surface area contributed by atoms with Crippen LogP contribution in [-0.2, 0) is 13.2 Å². The molecule has 0 unspecified atom stereocenters. The molecule has 0 spiro atoms. The van der Waals surface area contributed by atoms with Crippen LogP contribution in [-0.4, -0.2) is 16.2 Å². The van der Waals surface area contributed by atoms with Gasteiger partial charge in [-0.3, -0.25) is 0 Å². The van der Waals surface area contributed by atoms with E-state index in [9.17, 15) is 0 Å². The van der Waals surface area contributed by atoms with Crippen molar-refractivity contribution in [2.45, 2.75) is 32.0 Å². The van der Waals surface area contributed by atoms with Gasteiger partial charge < -0.3 is 10.1 Å². The highest BCUT2D eigenvalue weighted by molar-refractivity contribution is 9.10. The van der Waals surface area contributed by atoms with E-state index < -0.39 is 0 Å². The van der Waals surface area contributed by atoms with Crippen LogP contribution in [0.25, 0.3) is 0 Å². The van der Waals surface area contributed by atoms with Crippen LogP contribution in [0.1, 0.15) is 23.4 Å². The zero-order chi connectivity index (χ0) is 13.1. The molecule has 6 heteroatoms. The summed E-state index contributed by atoms with van der Waals surface area (Å²) in [7, 11) is 0. The molecule has 1 heterocycles. The number of halogens is 1. The fraction of sp³-hybridized carbons (Fsp3) is 0.385. The fourth-order valence-electron chi connectivity index (χ4n) is 1.64. The molecular weight excluding hydrogens is 326 g/mol. The molecule has 1 aromatic carbocycles. The van der Waals surface area contributed by atoms with Gasteiger partial charge in [0.2, 0.25) is 0 Å². The van der Waals surface area contributed by atoms with E-state index in [1.807, 2.05) is 24.3 Å². The Morgan fingerprint density at radius 3 is 2.95 bits per heavy atom. The first-order chi connectivity index (χ1) is 9.31. The number of hydrogen-bond acceptors (Lipinski definition) is 5. The maximum absolute atomic E-state index is 5.66. The lowest BCUT2D eigenvalue weighted by atomic mass is 10.2. The van der Waals surface area contributed by atoms with Gasteiger partial charge in [0.15, 0.2) is 0 Å². The number of benzene rings is 1. The van der Waals surface area contributed by atoms with Gasteiger partial charge in [0.25, 0.3) is 5.19 Å². The van der Waals surface area contributed by atoms with Crippen molar-refractivity contribution >= 4 is 27.3 Å². The van der Waals surface area contributed by atoms with Gasteiger partial charge in [-0.1, -0.05) is 50.6 Å². The first-order valence-electron chi connectivity index (χ1n) is 6.23. The molecule has 4 nitrogen and oxygen atoms in total. The second kappa shape index (κ2) is 5.98. The number of aromatic nitrogens is 2. The molecule has 0 amide bonds. The van der Waals surface area contributed by atoms with Crippen molar-refractivity contribution in [3.05, 3.63) is 39.3 Å². The normalized spacial score (nSPS) is 14.6. The van der Waals surface area contributed by atoms with Crippen LogP contribution >= 0.6 is 27.3 Å². The van der Waals surface area contributed by atoms with Crippen molar-refractivity contribution < 1.29 is 4.74 Å². The number of ether oxygens (including phenoxy) is 1. The highest BCUT2D eigenvalue weighted by atomic mass is 79.9. The maximum Gasteiger partial charge on any atom is 0.294 e. The van der Waals surface area contributed by atoms with Crippen LogP contribution in [0, 0.1) is 0 Å². The minimum Gasteiger partial charge on any atom is -0.464 e. The zero-order valence-electron chi connectivity index (χ0n) is 10.3. The van der Waals surface area contributed by atoms with Gasteiger partial charge in [-0.05, 0) is 18.9 Å². The van der Waals surface area contributed by atoms with E-state index in [-0.39, 0.29) is 0 Å². The van der Waals surface area contributed by atoms with Crippen molar-refractivity contribution in [3.8, 4) is 5.19 Å². The molecule has 0 radical (unpaired) electrons. The minimum absolute atomic E-state index is 0.506. The summed E-state index contributed by atoms with van der Waals surface area (Å²) in [6, 6.07) is 8.70. The highest BCUT2D eigenvalue weighted by Gasteiger charge is 2.20. The molecule has 1 aromatic heterocycles. The van der Waals surface area contributed by atoms with Crippen LogP contribution < -0.4 is 10.1 Å². The number of nitrogens with zero attached hydrogens (tertiary/aromatic N) is 2. The van der Waals surface area contributed by atoms with E-state index in [1.165, 1.54) is 24.2 Å². The lowest BCUT2D eigenvalue weighted by Crippen LogP contribution is -2.14. The van der Waals surface area contributed by atoms with E-state index in [0.717, 1.165) is 21.6 Å². The molecule has 0 atom stereocenters. The summed E-state index contributed by atoms with van der Waals surface area (Å²) >= 11 is 5.01. The first-order valence-corrected chi connectivity index (χ1v) is 7.84. The third kappa shape index (κ3) is 3.75.